The quantitative estimate of drug-likeness (QED) is 0.295. The number of carbonyl (C=O) groups is 2. The van der Waals surface area contributed by atoms with E-state index in [2.05, 4.69) is 0 Å². The zero-order chi connectivity index (χ0) is 37.2. The zero-order valence-electron chi connectivity index (χ0n) is 29.7. The second-order valence-electron chi connectivity index (χ2n) is 14.1. The number of ether oxygens (including phenoxy) is 13. The maximum Gasteiger partial charge on any atom is 0.514 e. The van der Waals surface area contributed by atoms with Crippen molar-refractivity contribution in [3.05, 3.63) is 41.0 Å². The summed E-state index contributed by atoms with van der Waals surface area (Å²) in [5.41, 5.74) is 1.84. The van der Waals surface area contributed by atoms with Crippen molar-refractivity contribution < 1.29 is 81.4 Å². The molecule has 53 heavy (non-hydrogen) atoms. The summed E-state index contributed by atoms with van der Waals surface area (Å²) < 4.78 is 74.6. The predicted molar refractivity (Wildman–Crippen MR) is 174 cm³/mol. The van der Waals surface area contributed by atoms with E-state index in [1.165, 1.54) is 14.2 Å². The van der Waals surface area contributed by atoms with E-state index >= 15 is 0 Å². The Morgan fingerprint density at radius 1 is 0.925 bits per heavy atom. The Bertz CT molecular complexity index is 1700. The minimum absolute atomic E-state index is 0.00601. The molecule has 2 aromatic rings. The number of methoxy groups -OCH3 is 2. The minimum atomic E-state index is -1.48. The van der Waals surface area contributed by atoms with Gasteiger partial charge in [-0.2, -0.15) is 0 Å². The van der Waals surface area contributed by atoms with E-state index in [9.17, 15) is 19.8 Å². The summed E-state index contributed by atoms with van der Waals surface area (Å²) in [7, 11) is 2.81. The Hall–Kier alpha value is -3.94. The van der Waals surface area contributed by atoms with E-state index in [-0.39, 0.29) is 50.5 Å². The molecule has 5 aliphatic heterocycles. The average Bonchev–Trinajstić information content (AvgIpc) is 3.86. The van der Waals surface area contributed by atoms with E-state index in [1.807, 2.05) is 0 Å². The van der Waals surface area contributed by atoms with Gasteiger partial charge in [-0.25, -0.2) is 4.79 Å². The normalized spacial score (nSPS) is 35.1. The molecule has 0 bridgehead atoms. The molecule has 1 aliphatic carbocycles. The van der Waals surface area contributed by atoms with Crippen LogP contribution >= 0.6 is 0 Å². The topological polar surface area (TPSA) is 195 Å². The van der Waals surface area contributed by atoms with Gasteiger partial charge in [0.1, 0.15) is 37.1 Å². The van der Waals surface area contributed by atoms with Gasteiger partial charge in [-0.15, -0.1) is 0 Å². The summed E-state index contributed by atoms with van der Waals surface area (Å²) >= 11 is 0. The van der Waals surface area contributed by atoms with Crippen LogP contribution in [0.25, 0.3) is 0 Å². The first kappa shape index (κ1) is 36.1. The molecule has 6 aliphatic rings. The number of carbonyl (C=O) groups excluding carboxylic acids is 2. The van der Waals surface area contributed by atoms with Crippen molar-refractivity contribution in [2.75, 3.05) is 47.4 Å². The Morgan fingerprint density at radius 2 is 1.64 bits per heavy atom. The van der Waals surface area contributed by atoms with Gasteiger partial charge in [0.25, 0.3) is 0 Å². The third-order valence-electron chi connectivity index (χ3n) is 10.4. The first-order valence-electron chi connectivity index (χ1n) is 17.4. The van der Waals surface area contributed by atoms with Crippen LogP contribution in [-0.4, -0.2) is 119 Å². The van der Waals surface area contributed by atoms with Crippen molar-refractivity contribution in [3.63, 3.8) is 0 Å². The lowest BCUT2D eigenvalue weighted by atomic mass is 9.66. The van der Waals surface area contributed by atoms with Gasteiger partial charge in [-0.05, 0) is 61.7 Å². The number of hydrogen-bond acceptors (Lipinski definition) is 17. The van der Waals surface area contributed by atoms with E-state index in [4.69, 9.17) is 61.6 Å². The largest absolute Gasteiger partial charge is 0.514 e. The summed E-state index contributed by atoms with van der Waals surface area (Å²) in [6.45, 7) is 5.48. The SMILES string of the molecule is COc1cc([C@@H]2c3cc4c(cc3[C@@H](O[C@@H]3O[C@@H]5COC(C)O[C@H]5[C@H](O)[C@H]3O)[C@H]3COC(=O)[C@H]23)OCO4)cc(OC)c1OC(=O)OCC1COC(C)(C)O1. The molecule has 17 nitrogen and oxygen atoms in total. The van der Waals surface area contributed by atoms with E-state index < -0.39 is 84.9 Å². The third-order valence-corrected chi connectivity index (χ3v) is 10.4. The fraction of sp³-hybridized carbons (Fsp3) is 0.611. The van der Waals surface area contributed by atoms with Crippen LogP contribution in [0.2, 0.25) is 0 Å². The van der Waals surface area contributed by atoms with Gasteiger partial charge in [0.2, 0.25) is 12.5 Å². The molecule has 0 amide bonds. The van der Waals surface area contributed by atoms with Crippen molar-refractivity contribution in [1.82, 2.24) is 0 Å². The molecule has 17 heteroatoms. The summed E-state index contributed by atoms with van der Waals surface area (Å²) in [5, 5.41) is 22.2. The Morgan fingerprint density at radius 3 is 2.32 bits per heavy atom. The van der Waals surface area contributed by atoms with E-state index in [0.29, 0.717) is 28.2 Å². The lowest BCUT2D eigenvalue weighted by molar-refractivity contribution is -0.364. The first-order chi connectivity index (χ1) is 25.4. The highest BCUT2D eigenvalue weighted by Crippen LogP contribution is 2.57. The summed E-state index contributed by atoms with van der Waals surface area (Å²) in [6, 6.07) is 6.86. The predicted octanol–water partition coefficient (Wildman–Crippen LogP) is 2.30. The first-order valence-corrected chi connectivity index (χ1v) is 17.4. The molecular weight excluding hydrogens is 704 g/mol. The molecular formula is C36H42O17. The van der Waals surface area contributed by atoms with Gasteiger partial charge in [0.15, 0.2) is 41.4 Å². The molecule has 2 N–H and O–H groups in total. The maximum atomic E-state index is 13.7. The van der Waals surface area contributed by atoms with Crippen LogP contribution in [0.15, 0.2) is 24.3 Å². The van der Waals surface area contributed by atoms with Crippen LogP contribution in [0, 0.1) is 11.8 Å². The number of cyclic esters (lactones) is 1. The maximum absolute atomic E-state index is 13.7. The van der Waals surface area contributed by atoms with Gasteiger partial charge in [0.05, 0.1) is 46.1 Å². The second kappa shape index (κ2) is 14.0. The van der Waals surface area contributed by atoms with E-state index in [0.717, 1.165) is 0 Å². The number of fused-ring (bicyclic) bond motifs is 4. The Labute approximate surface area is 304 Å². The smallest absolute Gasteiger partial charge is 0.493 e. The molecule has 4 fully saturated rings. The molecule has 0 saturated carbocycles. The van der Waals surface area contributed by atoms with Crippen LogP contribution < -0.4 is 23.7 Å². The van der Waals surface area contributed by atoms with Crippen LogP contribution in [-0.2, 0) is 42.7 Å². The van der Waals surface area contributed by atoms with Gasteiger partial charge in [0, 0.05) is 11.8 Å². The molecule has 288 valence electrons. The summed E-state index contributed by atoms with van der Waals surface area (Å²) in [6.07, 6.45) is -8.57. The summed E-state index contributed by atoms with van der Waals surface area (Å²) in [5.74, 6) is -2.17. The van der Waals surface area contributed by atoms with Gasteiger partial charge >= 0.3 is 12.1 Å². The molecule has 4 saturated heterocycles. The molecule has 0 spiro atoms. The van der Waals surface area contributed by atoms with Crippen molar-refractivity contribution in [3.8, 4) is 28.7 Å². The number of benzene rings is 2. The van der Waals surface area contributed by atoms with Crippen LogP contribution in [0.1, 0.15) is 49.5 Å². The molecule has 5 heterocycles. The molecule has 2 aromatic carbocycles. The Balaban J connectivity index is 1.12. The number of hydrogen-bond donors (Lipinski definition) is 2. The lowest BCUT2D eigenvalue weighted by Crippen LogP contribution is -2.63. The van der Waals surface area contributed by atoms with Crippen molar-refractivity contribution in [2.45, 2.75) is 81.7 Å². The molecule has 8 rings (SSSR count). The number of esters is 1. The van der Waals surface area contributed by atoms with Crippen molar-refractivity contribution in [1.29, 1.82) is 0 Å². The van der Waals surface area contributed by atoms with Gasteiger partial charge in [-0.1, -0.05) is 0 Å². The van der Waals surface area contributed by atoms with Crippen LogP contribution in [0.3, 0.4) is 0 Å². The van der Waals surface area contributed by atoms with Crippen molar-refractivity contribution in [2.24, 2.45) is 11.8 Å². The highest BCUT2D eigenvalue weighted by Gasteiger charge is 2.56. The fourth-order valence-corrected chi connectivity index (χ4v) is 7.94. The average molecular weight is 747 g/mol. The Kier molecular flexibility index (Phi) is 9.55. The number of rotatable bonds is 8. The fourth-order valence-electron chi connectivity index (χ4n) is 7.94. The minimum Gasteiger partial charge on any atom is -0.493 e. The third kappa shape index (κ3) is 6.62. The molecule has 2 unspecified atom stereocenters. The zero-order valence-corrected chi connectivity index (χ0v) is 29.7. The molecule has 11 atom stereocenters. The monoisotopic (exact) mass is 746 g/mol. The molecule has 0 aromatic heterocycles. The highest BCUT2D eigenvalue weighted by atomic mass is 16.8. The standard InChI is InChI=1S/C36H42O17/c1-15-43-13-25-32(49-15)28(37)29(38)34(50-25)51-30-19-9-22-21(46-14-47-22)8-18(19)26(27-20(30)12-44-33(27)39)16-6-23(41-4)31(24(7-16)42-5)52-35(40)45-10-17-11-48-36(2,3)53-17/h6-9,15,17,20,25-30,32,34,37-38H,10-14H2,1-5H3/t15?,17?,20-,25+,26+,27-,28+,29+,30+,32+,34-/m0/s1. The number of aliphatic hydroxyl groups is 2. The van der Waals surface area contributed by atoms with Gasteiger partial charge in [-0.3, -0.25) is 4.79 Å². The van der Waals surface area contributed by atoms with Crippen LogP contribution in [0.4, 0.5) is 4.79 Å². The van der Waals surface area contributed by atoms with E-state index in [1.54, 1.807) is 45.0 Å². The van der Waals surface area contributed by atoms with Gasteiger partial charge < -0.3 is 71.8 Å². The highest BCUT2D eigenvalue weighted by molar-refractivity contribution is 5.79. The summed E-state index contributed by atoms with van der Waals surface area (Å²) in [4.78, 5) is 26.5. The van der Waals surface area contributed by atoms with Crippen molar-refractivity contribution >= 4 is 12.1 Å². The second-order valence-corrected chi connectivity index (χ2v) is 14.1. The number of aliphatic hydroxyl groups excluding tert-OH is 2. The lowest BCUT2D eigenvalue weighted by Gasteiger charge is -2.47. The molecule has 0 radical (unpaired) electrons. The van der Waals surface area contributed by atoms with Crippen LogP contribution in [0.5, 0.6) is 28.7 Å².